The summed E-state index contributed by atoms with van der Waals surface area (Å²) in [4.78, 5) is 9.00. The Hall–Kier alpha value is -0.220. The van der Waals surface area contributed by atoms with Crippen LogP contribution in [-0.4, -0.2) is 11.1 Å². The summed E-state index contributed by atoms with van der Waals surface area (Å²) in [6.45, 7) is 1.08. The summed E-state index contributed by atoms with van der Waals surface area (Å²) >= 11 is 5.51. The Morgan fingerprint density at radius 3 is 2.31 bits per heavy atom. The predicted molar refractivity (Wildman–Crippen MR) is 48.0 cm³/mol. The van der Waals surface area contributed by atoms with Crippen molar-refractivity contribution < 1.29 is 39.5 Å². The number of anilines is 1. The van der Waals surface area contributed by atoms with Crippen molar-refractivity contribution in [1.29, 1.82) is 0 Å². The summed E-state index contributed by atoms with van der Waals surface area (Å²) in [5.74, 6) is -0.833. The molecule has 13 heavy (non-hydrogen) atoms. The molecule has 0 bridgehead atoms. The van der Waals surface area contributed by atoms with Gasteiger partial charge in [0.15, 0.2) is 0 Å². The standard InChI is InChI=1S/C6H5ClN.C2H4O2.Na/c7-5-2-1-3-6(8)4-5;1-2(3)4;/h1-3H,8H2;1H3,(H,3,4);/q-1;;+1. The number of hydrogen-bond acceptors (Lipinski definition) is 2. The Kier molecular flexibility index (Phi) is 9.84. The molecule has 1 aromatic carbocycles. The fraction of sp³-hybridized carbons (Fsp3) is 0.125. The molecule has 5 heteroatoms. The van der Waals surface area contributed by atoms with Gasteiger partial charge in [-0.3, -0.25) is 4.79 Å². The van der Waals surface area contributed by atoms with Crippen LogP contribution in [0.4, 0.5) is 5.69 Å². The fourth-order valence-electron chi connectivity index (χ4n) is 0.457. The van der Waals surface area contributed by atoms with Crippen LogP contribution in [0.25, 0.3) is 0 Å². The topological polar surface area (TPSA) is 63.3 Å². The summed E-state index contributed by atoms with van der Waals surface area (Å²) in [5.41, 5.74) is 5.90. The van der Waals surface area contributed by atoms with Gasteiger partial charge in [0.05, 0.1) is 0 Å². The second kappa shape index (κ2) is 8.38. The maximum atomic E-state index is 9.00. The zero-order valence-electron chi connectivity index (χ0n) is 7.54. The quantitative estimate of drug-likeness (QED) is 0.321. The number of rotatable bonds is 0. The number of nitrogens with two attached hydrogens (primary N) is 1. The minimum atomic E-state index is -0.833. The molecule has 0 unspecified atom stereocenters. The second-order valence-corrected chi connectivity index (χ2v) is 2.38. The minimum Gasteiger partial charge on any atom is -0.481 e. The molecule has 1 rings (SSSR count). The van der Waals surface area contributed by atoms with E-state index in [9.17, 15) is 0 Å². The van der Waals surface area contributed by atoms with E-state index in [1.807, 2.05) is 0 Å². The van der Waals surface area contributed by atoms with E-state index in [1.54, 1.807) is 18.2 Å². The summed E-state index contributed by atoms with van der Waals surface area (Å²) in [6, 6.07) is 7.98. The molecule has 66 valence electrons. The van der Waals surface area contributed by atoms with Gasteiger partial charge in [-0.25, -0.2) is 0 Å². The molecule has 3 N–H and O–H groups in total. The van der Waals surface area contributed by atoms with Crippen LogP contribution in [0.5, 0.6) is 0 Å². The predicted octanol–water partition coefficient (Wildman–Crippen LogP) is -1.18. The zero-order chi connectivity index (χ0) is 9.56. The first-order valence-corrected chi connectivity index (χ1v) is 3.53. The molecule has 3 nitrogen and oxygen atoms in total. The molecule has 0 saturated carbocycles. The van der Waals surface area contributed by atoms with Gasteiger partial charge in [0, 0.05) is 6.92 Å². The third kappa shape index (κ3) is 11.8. The number of halogens is 1. The van der Waals surface area contributed by atoms with Crippen LogP contribution in [0, 0.1) is 6.07 Å². The molecule has 0 fully saturated rings. The van der Waals surface area contributed by atoms with Crippen LogP contribution in [-0.2, 0) is 4.79 Å². The maximum Gasteiger partial charge on any atom is 1.00 e. The van der Waals surface area contributed by atoms with Crippen molar-refractivity contribution in [1.82, 2.24) is 0 Å². The van der Waals surface area contributed by atoms with E-state index in [0.29, 0.717) is 10.7 Å². The SMILES string of the molecule is CC(=O)O.Nc1[c-]c(Cl)ccc1.[Na+]. The van der Waals surface area contributed by atoms with Crippen molar-refractivity contribution >= 4 is 23.3 Å². The Morgan fingerprint density at radius 2 is 2.08 bits per heavy atom. The number of carboxylic acid groups (broad SMARTS) is 1. The first-order chi connectivity index (χ1) is 5.52. The summed E-state index contributed by atoms with van der Waals surface area (Å²) in [6.07, 6.45) is 0. The average Bonchev–Trinajstić information content (AvgIpc) is 1.84. The number of carbonyl (C=O) groups is 1. The molecule has 0 aliphatic rings. The fourth-order valence-corrected chi connectivity index (χ4v) is 0.639. The van der Waals surface area contributed by atoms with Crippen LogP contribution < -0.4 is 35.3 Å². The smallest absolute Gasteiger partial charge is 0.481 e. The first kappa shape index (κ1) is 15.3. The van der Waals surface area contributed by atoms with Crippen molar-refractivity contribution in [2.75, 3.05) is 5.73 Å². The molecule has 1 aromatic rings. The van der Waals surface area contributed by atoms with Crippen molar-refractivity contribution in [2.45, 2.75) is 6.92 Å². The van der Waals surface area contributed by atoms with Gasteiger partial charge in [0.2, 0.25) is 0 Å². The van der Waals surface area contributed by atoms with Gasteiger partial charge in [0.25, 0.3) is 5.97 Å². The molecule has 0 aromatic heterocycles. The molecule has 0 heterocycles. The molecule has 0 atom stereocenters. The summed E-state index contributed by atoms with van der Waals surface area (Å²) in [5, 5.41) is 7.98. The van der Waals surface area contributed by atoms with E-state index in [2.05, 4.69) is 6.07 Å². The Balaban J connectivity index is 0. The molecule has 0 aliphatic carbocycles. The second-order valence-electron chi connectivity index (χ2n) is 1.97. The Labute approximate surface area is 104 Å². The number of carboxylic acids is 1. The monoisotopic (exact) mass is 209 g/mol. The van der Waals surface area contributed by atoms with E-state index < -0.39 is 5.97 Å². The molecule has 0 saturated heterocycles. The van der Waals surface area contributed by atoms with Gasteiger partial charge in [-0.15, -0.1) is 23.7 Å². The van der Waals surface area contributed by atoms with Gasteiger partial charge >= 0.3 is 29.6 Å². The van der Waals surface area contributed by atoms with Crippen LogP contribution in [0.1, 0.15) is 6.92 Å². The van der Waals surface area contributed by atoms with Crippen molar-refractivity contribution in [2.24, 2.45) is 0 Å². The van der Waals surface area contributed by atoms with Gasteiger partial charge in [-0.2, -0.15) is 12.1 Å². The first-order valence-electron chi connectivity index (χ1n) is 3.15. The van der Waals surface area contributed by atoms with Gasteiger partial charge < -0.3 is 10.8 Å². The number of hydrogen-bond donors (Lipinski definition) is 2. The van der Waals surface area contributed by atoms with Gasteiger partial charge in [-0.05, 0) is 0 Å². The van der Waals surface area contributed by atoms with E-state index in [1.165, 1.54) is 0 Å². The van der Waals surface area contributed by atoms with Gasteiger partial charge in [-0.1, -0.05) is 10.7 Å². The molecular formula is C8H9ClNNaO2. The third-order valence-electron chi connectivity index (χ3n) is 0.782. The van der Waals surface area contributed by atoms with E-state index >= 15 is 0 Å². The van der Waals surface area contributed by atoms with Crippen molar-refractivity contribution in [3.63, 3.8) is 0 Å². The maximum absolute atomic E-state index is 9.00. The molecular weight excluding hydrogens is 201 g/mol. The van der Waals surface area contributed by atoms with Crippen LogP contribution >= 0.6 is 11.6 Å². The summed E-state index contributed by atoms with van der Waals surface area (Å²) < 4.78 is 0. The average molecular weight is 210 g/mol. The Morgan fingerprint density at radius 1 is 1.62 bits per heavy atom. The molecule has 0 radical (unpaired) electrons. The number of benzene rings is 1. The zero-order valence-corrected chi connectivity index (χ0v) is 10.3. The third-order valence-corrected chi connectivity index (χ3v) is 1.00. The van der Waals surface area contributed by atoms with E-state index in [0.717, 1.165) is 6.92 Å². The molecule has 0 amide bonds. The van der Waals surface area contributed by atoms with Gasteiger partial charge in [0.1, 0.15) is 0 Å². The van der Waals surface area contributed by atoms with E-state index in [-0.39, 0.29) is 29.6 Å². The van der Waals surface area contributed by atoms with Crippen molar-refractivity contribution in [3.8, 4) is 0 Å². The Bertz CT molecular complexity index is 247. The molecule has 0 aliphatic heterocycles. The van der Waals surface area contributed by atoms with Crippen LogP contribution in [0.15, 0.2) is 18.2 Å². The normalized spacial score (nSPS) is 7.54. The largest absolute Gasteiger partial charge is 1.00 e. The van der Waals surface area contributed by atoms with Crippen molar-refractivity contribution in [3.05, 3.63) is 29.3 Å². The minimum absolute atomic E-state index is 0. The molecule has 0 spiro atoms. The van der Waals surface area contributed by atoms with Crippen LogP contribution in [0.2, 0.25) is 5.02 Å². The van der Waals surface area contributed by atoms with Crippen LogP contribution in [0.3, 0.4) is 0 Å². The van der Waals surface area contributed by atoms with E-state index in [4.69, 9.17) is 27.2 Å². The summed E-state index contributed by atoms with van der Waals surface area (Å²) in [7, 11) is 0. The number of aliphatic carboxylic acids is 1. The number of nitrogen functional groups attached to an aromatic ring is 1.